The molecule has 0 aliphatic heterocycles. The van der Waals surface area contributed by atoms with Crippen molar-refractivity contribution in [1.29, 1.82) is 5.26 Å². The average molecular weight is 460 g/mol. The number of thioether (sulfide) groups is 1. The van der Waals surface area contributed by atoms with E-state index in [1.165, 1.54) is 12.1 Å². The van der Waals surface area contributed by atoms with Crippen LogP contribution in [0.5, 0.6) is 0 Å². The SMILES string of the molecule is N#Cc1ccc(NC(=O)CCSc2nnc3c(Cl)cc(C(F)(F)F)cn23)cc1Cl. The molecular formula is C17H10Cl2F3N5OS. The monoisotopic (exact) mass is 459 g/mol. The first-order chi connectivity index (χ1) is 13.7. The van der Waals surface area contributed by atoms with Gasteiger partial charge >= 0.3 is 6.18 Å². The molecule has 0 fully saturated rings. The van der Waals surface area contributed by atoms with Crippen molar-refractivity contribution in [2.75, 3.05) is 11.1 Å². The zero-order valence-corrected chi connectivity index (χ0v) is 16.6. The molecule has 2 heterocycles. The van der Waals surface area contributed by atoms with Gasteiger partial charge in [-0.1, -0.05) is 35.0 Å². The second-order valence-electron chi connectivity index (χ2n) is 5.70. The van der Waals surface area contributed by atoms with Crippen LogP contribution in [0, 0.1) is 11.3 Å². The van der Waals surface area contributed by atoms with Crippen LogP contribution in [0.4, 0.5) is 18.9 Å². The smallest absolute Gasteiger partial charge is 0.326 e. The fraction of sp³-hybridized carbons (Fsp3) is 0.176. The second-order valence-corrected chi connectivity index (χ2v) is 7.58. The van der Waals surface area contributed by atoms with Crippen molar-refractivity contribution in [1.82, 2.24) is 14.6 Å². The lowest BCUT2D eigenvalue weighted by molar-refractivity contribution is -0.137. The minimum atomic E-state index is -4.56. The van der Waals surface area contributed by atoms with Gasteiger partial charge in [0.2, 0.25) is 5.91 Å². The highest BCUT2D eigenvalue weighted by Gasteiger charge is 2.32. The van der Waals surface area contributed by atoms with Crippen molar-refractivity contribution in [3.8, 4) is 6.07 Å². The standard InChI is InChI=1S/C17H10Cl2F3N5OS/c18-12-6-11(2-1-9(12)7-23)24-14(28)3-4-29-16-26-25-15-13(19)5-10(8-27(15)16)17(20,21)22/h1-2,5-6,8H,3-4H2,(H,24,28). The lowest BCUT2D eigenvalue weighted by Gasteiger charge is -2.09. The summed E-state index contributed by atoms with van der Waals surface area (Å²) in [5.41, 5.74) is -0.111. The fourth-order valence-electron chi connectivity index (χ4n) is 2.33. The van der Waals surface area contributed by atoms with Gasteiger partial charge in [0, 0.05) is 24.1 Å². The van der Waals surface area contributed by atoms with Gasteiger partial charge in [-0.05, 0) is 24.3 Å². The van der Waals surface area contributed by atoms with E-state index in [0.717, 1.165) is 28.4 Å². The van der Waals surface area contributed by atoms with Gasteiger partial charge in [0.15, 0.2) is 10.8 Å². The summed E-state index contributed by atoms with van der Waals surface area (Å²) >= 11 is 12.8. The molecule has 3 aromatic rings. The number of hydrogen-bond acceptors (Lipinski definition) is 5. The average Bonchev–Trinajstić information content (AvgIpc) is 3.05. The minimum Gasteiger partial charge on any atom is -0.326 e. The fourth-order valence-corrected chi connectivity index (χ4v) is 3.65. The Balaban J connectivity index is 1.65. The molecule has 0 unspecified atom stereocenters. The number of pyridine rings is 1. The summed E-state index contributed by atoms with van der Waals surface area (Å²) in [7, 11) is 0. The van der Waals surface area contributed by atoms with Crippen LogP contribution in [0.25, 0.3) is 5.65 Å². The van der Waals surface area contributed by atoms with Gasteiger partial charge in [0.05, 0.1) is 21.2 Å². The van der Waals surface area contributed by atoms with E-state index < -0.39 is 11.7 Å². The Hall–Kier alpha value is -2.48. The summed E-state index contributed by atoms with van der Waals surface area (Å²) in [6.07, 6.45) is -3.64. The lowest BCUT2D eigenvalue weighted by Crippen LogP contribution is -2.12. The van der Waals surface area contributed by atoms with Crippen molar-refractivity contribution in [2.45, 2.75) is 17.8 Å². The number of carbonyl (C=O) groups is 1. The number of benzene rings is 1. The molecule has 0 radical (unpaired) electrons. The summed E-state index contributed by atoms with van der Waals surface area (Å²) in [6, 6.07) is 7.19. The molecule has 29 heavy (non-hydrogen) atoms. The molecule has 0 spiro atoms. The number of halogens is 5. The van der Waals surface area contributed by atoms with E-state index in [1.807, 2.05) is 6.07 Å². The number of hydrogen-bond donors (Lipinski definition) is 1. The van der Waals surface area contributed by atoms with E-state index in [4.69, 9.17) is 28.5 Å². The van der Waals surface area contributed by atoms with Gasteiger partial charge in [-0.15, -0.1) is 10.2 Å². The van der Waals surface area contributed by atoms with Crippen LogP contribution in [0.1, 0.15) is 17.5 Å². The van der Waals surface area contributed by atoms with Crippen molar-refractivity contribution in [2.24, 2.45) is 0 Å². The largest absolute Gasteiger partial charge is 0.417 e. The summed E-state index contributed by atoms with van der Waals surface area (Å²) in [6.45, 7) is 0. The molecule has 0 saturated carbocycles. The highest BCUT2D eigenvalue weighted by molar-refractivity contribution is 7.99. The van der Waals surface area contributed by atoms with Crippen LogP contribution < -0.4 is 5.32 Å². The minimum absolute atomic E-state index is 0.0594. The summed E-state index contributed by atoms with van der Waals surface area (Å²) in [5, 5.41) is 19.3. The third-order valence-electron chi connectivity index (χ3n) is 3.69. The van der Waals surface area contributed by atoms with Crippen LogP contribution >= 0.6 is 35.0 Å². The van der Waals surface area contributed by atoms with Gasteiger partial charge in [-0.2, -0.15) is 18.4 Å². The van der Waals surface area contributed by atoms with Crippen molar-refractivity contribution in [3.63, 3.8) is 0 Å². The molecule has 1 N–H and O–H groups in total. The predicted octanol–water partition coefficient (Wildman–Crippen LogP) is 5.05. The molecule has 0 bridgehead atoms. The Kier molecular flexibility index (Phi) is 6.21. The zero-order chi connectivity index (χ0) is 21.2. The molecule has 2 aromatic heterocycles. The van der Waals surface area contributed by atoms with Gasteiger partial charge in [0.1, 0.15) is 6.07 Å². The molecule has 0 saturated heterocycles. The molecule has 0 aliphatic rings. The Bertz CT molecular complexity index is 1130. The predicted molar refractivity (Wildman–Crippen MR) is 103 cm³/mol. The molecule has 150 valence electrons. The van der Waals surface area contributed by atoms with Crippen molar-refractivity contribution in [3.05, 3.63) is 51.6 Å². The number of carbonyl (C=O) groups excluding carboxylic acids is 1. The van der Waals surface area contributed by atoms with Crippen molar-refractivity contribution < 1.29 is 18.0 Å². The molecule has 1 amide bonds. The number of alkyl halides is 3. The normalized spacial score (nSPS) is 11.4. The van der Waals surface area contributed by atoms with Crippen LogP contribution in [0.3, 0.4) is 0 Å². The number of fused-ring (bicyclic) bond motifs is 1. The Morgan fingerprint density at radius 3 is 2.66 bits per heavy atom. The molecule has 0 aliphatic carbocycles. The molecule has 0 atom stereocenters. The topological polar surface area (TPSA) is 83.1 Å². The third-order valence-corrected chi connectivity index (χ3v) is 5.23. The number of anilines is 1. The number of aromatic nitrogens is 3. The first-order valence-corrected chi connectivity index (χ1v) is 9.67. The highest BCUT2D eigenvalue weighted by Crippen LogP contribution is 2.33. The maximum absolute atomic E-state index is 13.0. The van der Waals surface area contributed by atoms with Gasteiger partial charge in [-0.3, -0.25) is 9.20 Å². The van der Waals surface area contributed by atoms with Crippen LogP contribution in [0.15, 0.2) is 35.6 Å². The molecule has 1 aromatic carbocycles. The number of nitrogens with one attached hydrogen (secondary N) is 1. The number of amides is 1. The number of nitriles is 1. The van der Waals surface area contributed by atoms with E-state index in [-0.39, 0.29) is 44.5 Å². The number of nitrogens with zero attached hydrogens (tertiary/aromatic N) is 4. The Morgan fingerprint density at radius 2 is 2.00 bits per heavy atom. The van der Waals surface area contributed by atoms with E-state index in [9.17, 15) is 18.0 Å². The summed E-state index contributed by atoms with van der Waals surface area (Å²) in [4.78, 5) is 12.1. The molecule has 3 rings (SSSR count). The summed E-state index contributed by atoms with van der Waals surface area (Å²) in [5.74, 6) is -0.0917. The van der Waals surface area contributed by atoms with Crippen LogP contribution in [0.2, 0.25) is 10.0 Å². The second kappa shape index (κ2) is 8.49. The Morgan fingerprint density at radius 1 is 1.24 bits per heavy atom. The molecule has 12 heteroatoms. The highest BCUT2D eigenvalue weighted by atomic mass is 35.5. The quantitative estimate of drug-likeness (QED) is 0.539. The number of rotatable bonds is 5. The van der Waals surface area contributed by atoms with Gasteiger partial charge in [-0.25, -0.2) is 0 Å². The zero-order valence-electron chi connectivity index (χ0n) is 14.3. The van der Waals surface area contributed by atoms with E-state index >= 15 is 0 Å². The molecule has 6 nitrogen and oxygen atoms in total. The van der Waals surface area contributed by atoms with E-state index in [1.54, 1.807) is 6.07 Å². The maximum Gasteiger partial charge on any atom is 0.417 e. The molecular weight excluding hydrogens is 450 g/mol. The first kappa shape index (κ1) is 21.2. The maximum atomic E-state index is 13.0. The van der Waals surface area contributed by atoms with Gasteiger partial charge < -0.3 is 5.32 Å². The lowest BCUT2D eigenvalue weighted by atomic mass is 10.2. The van der Waals surface area contributed by atoms with E-state index in [0.29, 0.717) is 5.69 Å². The van der Waals surface area contributed by atoms with Crippen LogP contribution in [-0.4, -0.2) is 26.3 Å². The Labute approximate surface area is 176 Å². The van der Waals surface area contributed by atoms with Gasteiger partial charge in [0.25, 0.3) is 0 Å². The summed E-state index contributed by atoms with van der Waals surface area (Å²) < 4.78 is 40.1. The van der Waals surface area contributed by atoms with Crippen LogP contribution in [-0.2, 0) is 11.0 Å². The first-order valence-electron chi connectivity index (χ1n) is 7.93. The van der Waals surface area contributed by atoms with Crippen molar-refractivity contribution >= 4 is 52.2 Å². The third kappa shape index (κ3) is 4.93. The van der Waals surface area contributed by atoms with E-state index in [2.05, 4.69) is 15.5 Å².